The number of nitrogens with two attached hydrogens (primary N) is 1. The molecule has 23 heavy (non-hydrogen) atoms. The van der Waals surface area contributed by atoms with Gasteiger partial charge in [-0.2, -0.15) is 0 Å². The Kier molecular flexibility index (Phi) is 5.09. The summed E-state index contributed by atoms with van der Waals surface area (Å²) in [5.74, 6) is -0.659. The van der Waals surface area contributed by atoms with Crippen molar-refractivity contribution in [2.75, 3.05) is 11.9 Å². The van der Waals surface area contributed by atoms with Crippen LogP contribution in [-0.4, -0.2) is 24.2 Å². The van der Waals surface area contributed by atoms with Gasteiger partial charge in [0.1, 0.15) is 5.75 Å². The van der Waals surface area contributed by atoms with E-state index in [0.717, 1.165) is 0 Å². The molecule has 0 unspecified atom stereocenters. The van der Waals surface area contributed by atoms with Crippen molar-refractivity contribution in [2.45, 2.75) is 6.92 Å². The van der Waals surface area contributed by atoms with Crippen LogP contribution in [0.3, 0.4) is 0 Å². The Bertz CT molecular complexity index is 756. The second-order valence-electron chi connectivity index (χ2n) is 4.87. The van der Waals surface area contributed by atoms with Gasteiger partial charge in [-0.3, -0.25) is 14.4 Å². The number of anilines is 1. The molecule has 0 saturated heterocycles. The number of hydrogen-bond acceptors (Lipinski definition) is 4. The van der Waals surface area contributed by atoms with Gasteiger partial charge in [0.15, 0.2) is 12.4 Å². The monoisotopic (exact) mass is 312 g/mol. The summed E-state index contributed by atoms with van der Waals surface area (Å²) < 4.78 is 5.16. The third-order valence-corrected chi connectivity index (χ3v) is 3.00. The number of Topliss-reactive ketones (excluding diaryl/α,β-unsaturated/α-hetero) is 1. The van der Waals surface area contributed by atoms with Crippen molar-refractivity contribution in [2.24, 2.45) is 5.73 Å². The number of rotatable bonds is 6. The molecule has 6 nitrogen and oxygen atoms in total. The molecule has 0 spiro atoms. The summed E-state index contributed by atoms with van der Waals surface area (Å²) in [6.07, 6.45) is 0. The van der Waals surface area contributed by atoms with Gasteiger partial charge < -0.3 is 15.8 Å². The molecule has 0 aliphatic heterocycles. The van der Waals surface area contributed by atoms with Gasteiger partial charge in [-0.15, -0.1) is 0 Å². The van der Waals surface area contributed by atoms with E-state index in [0.29, 0.717) is 22.6 Å². The lowest BCUT2D eigenvalue weighted by Gasteiger charge is -2.08. The van der Waals surface area contributed by atoms with Crippen molar-refractivity contribution in [3.8, 4) is 5.75 Å². The molecule has 0 aliphatic rings. The smallest absolute Gasteiger partial charge is 0.255 e. The first-order valence-electron chi connectivity index (χ1n) is 6.89. The Morgan fingerprint density at radius 1 is 1.04 bits per heavy atom. The largest absolute Gasteiger partial charge is 0.484 e. The van der Waals surface area contributed by atoms with Gasteiger partial charge in [0.25, 0.3) is 11.8 Å². The summed E-state index contributed by atoms with van der Waals surface area (Å²) in [5, 5.41) is 2.71. The van der Waals surface area contributed by atoms with Gasteiger partial charge in [-0.05, 0) is 37.3 Å². The maximum Gasteiger partial charge on any atom is 0.255 e. The number of carbonyl (C=O) groups excluding carboxylic acids is 3. The average Bonchev–Trinajstić information content (AvgIpc) is 2.53. The van der Waals surface area contributed by atoms with Gasteiger partial charge >= 0.3 is 0 Å². The molecule has 0 bridgehead atoms. The van der Waals surface area contributed by atoms with Gasteiger partial charge in [0.2, 0.25) is 0 Å². The van der Waals surface area contributed by atoms with Crippen molar-refractivity contribution >= 4 is 23.3 Å². The van der Waals surface area contributed by atoms with E-state index in [1.165, 1.54) is 13.0 Å². The summed E-state index contributed by atoms with van der Waals surface area (Å²) >= 11 is 0. The predicted molar refractivity (Wildman–Crippen MR) is 85.5 cm³/mol. The minimum absolute atomic E-state index is 0.0806. The Morgan fingerprint density at radius 2 is 1.74 bits per heavy atom. The summed E-state index contributed by atoms with van der Waals surface area (Å²) in [7, 11) is 0. The number of hydrogen-bond donors (Lipinski definition) is 2. The molecule has 0 aliphatic carbocycles. The van der Waals surface area contributed by atoms with Crippen LogP contribution in [0.25, 0.3) is 0 Å². The fraction of sp³-hybridized carbons (Fsp3) is 0.118. The van der Waals surface area contributed by atoms with Gasteiger partial charge in [-0.1, -0.05) is 18.2 Å². The summed E-state index contributed by atoms with van der Waals surface area (Å²) in [6.45, 7) is 1.20. The lowest BCUT2D eigenvalue weighted by molar-refractivity contribution is -0.119. The van der Waals surface area contributed by atoms with E-state index in [4.69, 9.17) is 10.5 Å². The van der Waals surface area contributed by atoms with Crippen LogP contribution in [0.5, 0.6) is 5.75 Å². The Balaban J connectivity index is 2.11. The molecular weight excluding hydrogens is 296 g/mol. The zero-order valence-electron chi connectivity index (χ0n) is 12.5. The first kappa shape index (κ1) is 16.2. The first-order chi connectivity index (χ1) is 11.0. The van der Waals surface area contributed by atoms with E-state index >= 15 is 0 Å². The molecule has 3 N–H and O–H groups in total. The van der Waals surface area contributed by atoms with Crippen LogP contribution in [0, 0.1) is 0 Å². The minimum atomic E-state index is -0.596. The number of benzene rings is 2. The normalized spacial score (nSPS) is 9.96. The van der Waals surface area contributed by atoms with E-state index in [1.54, 1.807) is 42.5 Å². The topological polar surface area (TPSA) is 98.5 Å². The zero-order chi connectivity index (χ0) is 16.8. The zero-order valence-corrected chi connectivity index (χ0v) is 12.5. The van der Waals surface area contributed by atoms with Crippen molar-refractivity contribution in [1.82, 2.24) is 0 Å². The summed E-state index contributed by atoms with van der Waals surface area (Å²) in [6, 6.07) is 13.0. The van der Waals surface area contributed by atoms with Crippen LogP contribution in [0.4, 0.5) is 5.69 Å². The van der Waals surface area contributed by atoms with E-state index < -0.39 is 5.91 Å². The molecule has 0 heterocycles. The van der Waals surface area contributed by atoms with E-state index in [9.17, 15) is 14.4 Å². The van der Waals surface area contributed by atoms with Crippen LogP contribution in [-0.2, 0) is 4.79 Å². The van der Waals surface area contributed by atoms with E-state index in [1.807, 2.05) is 0 Å². The van der Waals surface area contributed by atoms with Gasteiger partial charge in [-0.25, -0.2) is 0 Å². The molecule has 6 heteroatoms. The first-order valence-corrected chi connectivity index (χ1v) is 6.89. The second kappa shape index (κ2) is 7.22. The highest BCUT2D eigenvalue weighted by molar-refractivity contribution is 6.05. The standard InChI is InChI=1S/C17H16N2O4/c1-11(20)12-4-2-6-14(8-12)19-17(22)13-5-3-7-15(9-13)23-10-16(18)21/h2-9H,10H2,1H3,(H2,18,21)(H,19,22). The number of amides is 2. The Hall–Kier alpha value is -3.15. The maximum atomic E-state index is 12.2. The second-order valence-corrected chi connectivity index (χ2v) is 4.87. The molecule has 2 amide bonds. The fourth-order valence-electron chi connectivity index (χ4n) is 1.90. The van der Waals surface area contributed by atoms with Crippen molar-refractivity contribution in [1.29, 1.82) is 0 Å². The van der Waals surface area contributed by atoms with Gasteiger partial charge in [0.05, 0.1) is 0 Å². The third kappa shape index (κ3) is 4.67. The highest BCUT2D eigenvalue weighted by atomic mass is 16.5. The number of primary amides is 1. The lowest BCUT2D eigenvalue weighted by Crippen LogP contribution is -2.20. The van der Waals surface area contributed by atoms with Crippen LogP contribution in [0.15, 0.2) is 48.5 Å². The third-order valence-electron chi connectivity index (χ3n) is 3.00. The molecule has 2 aromatic carbocycles. The van der Waals surface area contributed by atoms with Gasteiger partial charge in [0, 0.05) is 16.8 Å². The summed E-state index contributed by atoms with van der Waals surface area (Å²) in [4.78, 5) is 34.3. The molecule has 0 saturated carbocycles. The van der Waals surface area contributed by atoms with Crippen molar-refractivity contribution in [3.05, 3.63) is 59.7 Å². The van der Waals surface area contributed by atoms with Crippen molar-refractivity contribution < 1.29 is 19.1 Å². The van der Waals surface area contributed by atoms with Crippen molar-refractivity contribution in [3.63, 3.8) is 0 Å². The molecule has 0 fully saturated rings. The molecule has 0 atom stereocenters. The number of carbonyl (C=O) groups is 3. The number of nitrogens with one attached hydrogen (secondary N) is 1. The molecule has 2 rings (SSSR count). The molecular formula is C17H16N2O4. The maximum absolute atomic E-state index is 12.2. The predicted octanol–water partition coefficient (Wildman–Crippen LogP) is 2.01. The van der Waals surface area contributed by atoms with E-state index in [-0.39, 0.29) is 18.3 Å². The fourth-order valence-corrected chi connectivity index (χ4v) is 1.90. The molecule has 0 radical (unpaired) electrons. The molecule has 118 valence electrons. The van der Waals surface area contributed by atoms with E-state index in [2.05, 4.69) is 5.32 Å². The average molecular weight is 312 g/mol. The van der Waals surface area contributed by atoms with Crippen LogP contribution >= 0.6 is 0 Å². The van der Waals surface area contributed by atoms with Crippen LogP contribution in [0.1, 0.15) is 27.6 Å². The Labute approximate surface area is 133 Å². The highest BCUT2D eigenvalue weighted by Gasteiger charge is 2.09. The highest BCUT2D eigenvalue weighted by Crippen LogP contribution is 2.16. The quantitative estimate of drug-likeness (QED) is 0.797. The number of ketones is 1. The molecule has 0 aromatic heterocycles. The van der Waals surface area contributed by atoms with Crippen LogP contribution < -0.4 is 15.8 Å². The molecule has 2 aromatic rings. The SMILES string of the molecule is CC(=O)c1cccc(NC(=O)c2cccc(OCC(N)=O)c2)c1. The van der Waals surface area contributed by atoms with Crippen LogP contribution in [0.2, 0.25) is 0 Å². The summed E-state index contributed by atoms with van der Waals surface area (Å²) in [5.41, 5.74) is 6.40. The Morgan fingerprint density at radius 3 is 2.43 bits per heavy atom. The minimum Gasteiger partial charge on any atom is -0.484 e. The lowest BCUT2D eigenvalue weighted by atomic mass is 10.1. The number of ether oxygens (including phenoxy) is 1.